The second-order valence-electron chi connectivity index (χ2n) is 5.68. The topological polar surface area (TPSA) is 79.2 Å². The monoisotopic (exact) mass is 400 g/mol. The van der Waals surface area contributed by atoms with Crippen LogP contribution in [-0.4, -0.2) is 21.9 Å². The van der Waals surface area contributed by atoms with E-state index in [0.717, 1.165) is 22.7 Å². The summed E-state index contributed by atoms with van der Waals surface area (Å²) in [5, 5.41) is 3.13. The molecule has 0 aliphatic heterocycles. The number of carbonyl (C=O) groups excluding carboxylic acids is 1. The molecule has 138 valence electrons. The summed E-state index contributed by atoms with van der Waals surface area (Å²) in [5.74, 6) is -0.178. The lowest BCUT2D eigenvalue weighted by molar-refractivity contribution is 0.0963. The molecule has 3 aromatic rings. The predicted octanol–water partition coefficient (Wildman–Crippen LogP) is 3.17. The van der Waals surface area contributed by atoms with Crippen molar-refractivity contribution in [3.63, 3.8) is 0 Å². The van der Waals surface area contributed by atoms with Gasteiger partial charge >= 0.3 is 5.69 Å². The van der Waals surface area contributed by atoms with Crippen LogP contribution >= 0.6 is 23.1 Å². The highest BCUT2D eigenvalue weighted by atomic mass is 35.5. The Morgan fingerprint density at radius 2 is 2.19 bits per heavy atom. The van der Waals surface area contributed by atoms with Gasteiger partial charge in [0.05, 0.1) is 12.2 Å². The van der Waals surface area contributed by atoms with E-state index in [1.165, 1.54) is 4.57 Å². The molecule has 0 aliphatic carbocycles. The maximum Gasteiger partial charge on any atom is 0.337 e. The van der Waals surface area contributed by atoms with Crippen LogP contribution in [0.2, 0.25) is 5.02 Å². The van der Waals surface area contributed by atoms with Gasteiger partial charge in [-0.1, -0.05) is 42.5 Å². The molecule has 0 unspecified atom stereocenters. The van der Waals surface area contributed by atoms with Crippen molar-refractivity contribution in [2.45, 2.75) is 6.54 Å². The summed E-state index contributed by atoms with van der Waals surface area (Å²) in [6.07, 6.45) is 1.67. The van der Waals surface area contributed by atoms with Gasteiger partial charge in [0, 0.05) is 17.6 Å². The molecule has 27 heavy (non-hydrogen) atoms. The van der Waals surface area contributed by atoms with E-state index in [1.807, 2.05) is 18.2 Å². The maximum atomic E-state index is 12.2. The van der Waals surface area contributed by atoms with Crippen LogP contribution in [-0.2, 0) is 6.54 Å². The second-order valence-corrected chi connectivity index (χ2v) is 6.86. The summed E-state index contributed by atoms with van der Waals surface area (Å²) >= 11 is 7.33. The molecule has 0 saturated carbocycles. The molecule has 8 heteroatoms. The molecule has 0 radical (unpaired) electrons. The van der Waals surface area contributed by atoms with Gasteiger partial charge in [0.2, 0.25) is 4.80 Å². The number of nitrogens with zero attached hydrogens (tertiary/aromatic N) is 2. The average Bonchev–Trinajstić information content (AvgIpc) is 3.01. The minimum absolute atomic E-state index is 0.178. The zero-order chi connectivity index (χ0) is 19.4. The third kappa shape index (κ3) is 4.27. The summed E-state index contributed by atoms with van der Waals surface area (Å²) in [4.78, 5) is 29.0. The van der Waals surface area contributed by atoms with Crippen LogP contribution in [0.15, 0.2) is 58.8 Å². The van der Waals surface area contributed by atoms with Gasteiger partial charge < -0.3 is 5.32 Å². The van der Waals surface area contributed by atoms with Gasteiger partial charge in [-0.25, -0.2) is 9.79 Å². The number of halogens is 1. The fraction of sp³-hybridized carbons (Fsp3) is 0.105. The molecule has 1 heterocycles. The van der Waals surface area contributed by atoms with Gasteiger partial charge in [0.15, 0.2) is 0 Å². The molecular weight excluding hydrogens is 384 g/mol. The van der Waals surface area contributed by atoms with Crippen molar-refractivity contribution in [1.29, 1.82) is 0 Å². The Labute approximate surface area is 164 Å². The second kappa shape index (κ2) is 8.20. The van der Waals surface area contributed by atoms with Crippen molar-refractivity contribution >= 4 is 40.8 Å². The number of aromatic amines is 1. The lowest BCUT2D eigenvalue weighted by Crippen LogP contribution is -2.27. The van der Waals surface area contributed by atoms with E-state index in [0.29, 0.717) is 27.6 Å². The number of rotatable bonds is 5. The highest BCUT2D eigenvalue weighted by Crippen LogP contribution is 2.23. The van der Waals surface area contributed by atoms with Gasteiger partial charge in [-0.2, -0.15) is 0 Å². The smallest absolute Gasteiger partial charge is 0.337 e. The molecule has 0 bridgehead atoms. The molecule has 1 aromatic heterocycles. The quantitative estimate of drug-likeness (QED) is 0.689. The van der Waals surface area contributed by atoms with E-state index >= 15 is 0 Å². The van der Waals surface area contributed by atoms with Gasteiger partial charge in [0.25, 0.3) is 5.91 Å². The van der Waals surface area contributed by atoms with Gasteiger partial charge in [0.1, 0.15) is 0 Å². The first kappa shape index (κ1) is 18.9. The van der Waals surface area contributed by atoms with Crippen molar-refractivity contribution < 1.29 is 4.79 Å². The Balaban J connectivity index is 1.98. The minimum Gasteiger partial charge on any atom is -0.355 e. The maximum absolute atomic E-state index is 12.2. The Bertz CT molecular complexity index is 1130. The molecule has 3 rings (SSSR count). The van der Waals surface area contributed by atoms with Crippen LogP contribution in [0.3, 0.4) is 0 Å². The number of carbonyl (C=O) groups is 1. The first-order chi connectivity index (χ1) is 13.0. The Morgan fingerprint density at radius 3 is 2.89 bits per heavy atom. The van der Waals surface area contributed by atoms with Crippen molar-refractivity contribution in [3.05, 3.63) is 86.0 Å². The van der Waals surface area contributed by atoms with Crippen LogP contribution in [0.5, 0.6) is 0 Å². The van der Waals surface area contributed by atoms with Crippen LogP contribution in [0.4, 0.5) is 5.69 Å². The van der Waals surface area contributed by atoms with Crippen LogP contribution < -0.4 is 15.8 Å². The number of hydrogen-bond acceptors (Lipinski definition) is 4. The lowest BCUT2D eigenvalue weighted by atomic mass is 10.1. The highest BCUT2D eigenvalue weighted by molar-refractivity contribution is 7.02. The summed E-state index contributed by atoms with van der Waals surface area (Å²) in [5.41, 5.74) is 2.54. The molecule has 0 aliphatic rings. The Hall–Kier alpha value is -2.90. The zero-order valence-electron chi connectivity index (χ0n) is 14.5. The molecule has 2 N–H and O–H groups in total. The van der Waals surface area contributed by atoms with Crippen molar-refractivity contribution in [2.24, 2.45) is 4.99 Å². The lowest BCUT2D eigenvalue weighted by Gasteiger charge is -2.05. The normalized spacial score (nSPS) is 11.4. The van der Waals surface area contributed by atoms with Crippen molar-refractivity contribution in [1.82, 2.24) is 14.3 Å². The van der Waals surface area contributed by atoms with E-state index in [4.69, 9.17) is 11.6 Å². The molecular formula is C19H17ClN4O2S. The molecule has 1 amide bonds. The fourth-order valence-electron chi connectivity index (χ4n) is 2.51. The molecule has 0 saturated heterocycles. The van der Waals surface area contributed by atoms with E-state index in [-0.39, 0.29) is 11.6 Å². The number of hydrogen-bond donors (Lipinski definition) is 2. The summed E-state index contributed by atoms with van der Waals surface area (Å²) in [6, 6.07) is 12.5. The van der Waals surface area contributed by atoms with Crippen LogP contribution in [0.1, 0.15) is 21.5 Å². The van der Waals surface area contributed by atoms with Crippen LogP contribution in [0.25, 0.3) is 6.08 Å². The fourth-order valence-corrected chi connectivity index (χ4v) is 3.46. The first-order valence-electron chi connectivity index (χ1n) is 8.08. The molecule has 0 spiro atoms. The molecule has 0 fully saturated rings. The SMILES string of the molecule is C=Cc1ccc(/N=c2\s[nH]c(=O)n2Cc2cccc(C(=O)NC)c2)cc1Cl. The molecule has 6 nitrogen and oxygen atoms in total. The third-order valence-electron chi connectivity index (χ3n) is 3.89. The summed E-state index contributed by atoms with van der Waals surface area (Å²) < 4.78 is 4.21. The molecule has 2 aromatic carbocycles. The van der Waals surface area contributed by atoms with Gasteiger partial charge in [-0.05, 0) is 46.9 Å². The third-order valence-corrected chi connectivity index (χ3v) is 4.99. The molecule has 0 atom stereocenters. The first-order valence-corrected chi connectivity index (χ1v) is 9.27. The van der Waals surface area contributed by atoms with Gasteiger partial charge in [-0.3, -0.25) is 13.7 Å². The Morgan fingerprint density at radius 1 is 1.37 bits per heavy atom. The van der Waals surface area contributed by atoms with Crippen LogP contribution in [0, 0.1) is 0 Å². The number of amides is 1. The number of benzene rings is 2. The average molecular weight is 401 g/mol. The van der Waals surface area contributed by atoms with E-state index in [1.54, 1.807) is 37.4 Å². The summed E-state index contributed by atoms with van der Waals surface area (Å²) in [7, 11) is 1.58. The zero-order valence-corrected chi connectivity index (χ0v) is 16.1. The van der Waals surface area contributed by atoms with E-state index in [9.17, 15) is 9.59 Å². The van der Waals surface area contributed by atoms with E-state index < -0.39 is 0 Å². The highest BCUT2D eigenvalue weighted by Gasteiger charge is 2.08. The Kier molecular flexibility index (Phi) is 5.73. The minimum atomic E-state index is -0.266. The standard InChI is InChI=1S/C19H17ClN4O2S/c1-3-13-7-8-15(10-16(13)20)22-19-24(18(26)23-27-19)11-12-5-4-6-14(9-12)17(25)21-2/h3-10H,1,11H2,2H3,(H,21,25)(H,23,26)/b22-19-. The number of nitrogens with one attached hydrogen (secondary N) is 2. The van der Waals surface area contributed by atoms with Crippen molar-refractivity contribution in [3.8, 4) is 0 Å². The number of H-pyrrole nitrogens is 1. The van der Waals surface area contributed by atoms with Gasteiger partial charge in [-0.15, -0.1) is 0 Å². The number of aromatic nitrogens is 2. The summed E-state index contributed by atoms with van der Waals surface area (Å²) in [6.45, 7) is 4.00. The largest absolute Gasteiger partial charge is 0.355 e. The van der Waals surface area contributed by atoms with E-state index in [2.05, 4.69) is 21.3 Å². The van der Waals surface area contributed by atoms with Crippen molar-refractivity contribution in [2.75, 3.05) is 7.05 Å². The predicted molar refractivity (Wildman–Crippen MR) is 109 cm³/mol.